The Bertz CT molecular complexity index is 498. The summed E-state index contributed by atoms with van der Waals surface area (Å²) in [5.41, 5.74) is 4.85. The molecule has 0 saturated heterocycles. The van der Waals surface area contributed by atoms with Gasteiger partial charge in [-0.05, 0) is 0 Å². The zero-order valence-electron chi connectivity index (χ0n) is 9.34. The molecular weight excluding hydrogens is 265 g/mol. The van der Waals surface area contributed by atoms with E-state index in [9.17, 15) is 9.36 Å². The summed E-state index contributed by atoms with van der Waals surface area (Å²) in [4.78, 5) is 32.4. The molecule has 0 aliphatic carbocycles. The van der Waals surface area contributed by atoms with Gasteiger partial charge in [0.1, 0.15) is 12.2 Å². The fraction of sp³-hybridized carbons (Fsp3) is 0.500. The van der Waals surface area contributed by atoms with Crippen molar-refractivity contribution in [2.45, 2.75) is 12.6 Å². The second kappa shape index (κ2) is 6.07. The van der Waals surface area contributed by atoms with E-state index in [4.69, 9.17) is 25.4 Å². The second-order valence-corrected chi connectivity index (χ2v) is 5.16. The Morgan fingerprint density at radius 3 is 2.72 bits per heavy atom. The van der Waals surface area contributed by atoms with E-state index in [0.29, 0.717) is 0 Å². The van der Waals surface area contributed by atoms with E-state index in [2.05, 4.69) is 4.98 Å². The van der Waals surface area contributed by atoms with E-state index in [1.807, 2.05) is 0 Å². The monoisotopic (exact) mass is 279 g/mol. The molecule has 1 atom stereocenters. The first-order chi connectivity index (χ1) is 8.31. The fourth-order valence-electron chi connectivity index (χ4n) is 1.16. The lowest BCUT2D eigenvalue weighted by Gasteiger charge is -2.16. The highest BCUT2D eigenvalue weighted by Crippen LogP contribution is 2.34. The molecule has 1 aromatic rings. The van der Waals surface area contributed by atoms with Crippen LogP contribution in [0.25, 0.3) is 0 Å². The number of nitrogens with two attached hydrogens (primary N) is 1. The van der Waals surface area contributed by atoms with Crippen LogP contribution in [0.2, 0.25) is 0 Å². The summed E-state index contributed by atoms with van der Waals surface area (Å²) in [7, 11) is -4.31. The summed E-state index contributed by atoms with van der Waals surface area (Å²) in [6.07, 6.45) is -0.572. The van der Waals surface area contributed by atoms with Gasteiger partial charge in [-0.25, -0.2) is 4.98 Å². The van der Waals surface area contributed by atoms with Crippen molar-refractivity contribution in [3.63, 3.8) is 0 Å². The maximum absolute atomic E-state index is 11.4. The normalized spacial score (nSPS) is 13.5. The third kappa shape index (κ3) is 4.94. The number of hydrogen-bond acceptors (Lipinski definition) is 6. The van der Waals surface area contributed by atoms with Crippen LogP contribution >= 0.6 is 7.60 Å². The van der Waals surface area contributed by atoms with Crippen molar-refractivity contribution in [1.29, 1.82) is 0 Å². The average molecular weight is 279 g/mol. The molecular formula is C8H14N3O6P. The fourth-order valence-corrected chi connectivity index (χ4v) is 1.57. The van der Waals surface area contributed by atoms with Crippen molar-refractivity contribution in [1.82, 2.24) is 9.55 Å². The predicted octanol–water partition coefficient (Wildman–Crippen LogP) is -1.66. The Labute approximate surface area is 102 Å². The highest BCUT2D eigenvalue weighted by molar-refractivity contribution is 7.51. The quantitative estimate of drug-likeness (QED) is 0.452. The van der Waals surface area contributed by atoms with Crippen molar-refractivity contribution in [3.05, 3.63) is 22.7 Å². The molecule has 0 fully saturated rings. The smallest absolute Gasteiger partial charge is 0.350 e. The highest BCUT2D eigenvalue weighted by Gasteiger charge is 2.18. The minimum atomic E-state index is -4.31. The van der Waals surface area contributed by atoms with Gasteiger partial charge >= 0.3 is 7.60 Å². The topological polar surface area (TPSA) is 148 Å². The molecule has 1 aromatic heterocycles. The molecule has 1 heterocycles. The van der Waals surface area contributed by atoms with E-state index in [1.54, 1.807) is 0 Å². The molecule has 0 aliphatic heterocycles. The number of aliphatic hydroxyl groups is 1. The lowest BCUT2D eigenvalue weighted by Crippen LogP contribution is -2.31. The van der Waals surface area contributed by atoms with Crippen LogP contribution in [0.1, 0.15) is 0 Å². The van der Waals surface area contributed by atoms with Gasteiger partial charge in [-0.1, -0.05) is 0 Å². The molecule has 0 amide bonds. The maximum atomic E-state index is 11.4. The van der Waals surface area contributed by atoms with Gasteiger partial charge in [0.15, 0.2) is 0 Å². The van der Waals surface area contributed by atoms with Crippen LogP contribution in [0.3, 0.4) is 0 Å². The molecule has 0 aromatic carbocycles. The summed E-state index contributed by atoms with van der Waals surface area (Å²) < 4.78 is 16.5. The van der Waals surface area contributed by atoms with Gasteiger partial charge in [0, 0.05) is 6.07 Å². The van der Waals surface area contributed by atoms with E-state index in [0.717, 1.165) is 10.6 Å². The molecule has 0 aliphatic rings. The van der Waals surface area contributed by atoms with Gasteiger partial charge in [0.05, 0.1) is 25.6 Å². The zero-order chi connectivity index (χ0) is 13.8. The Kier molecular flexibility index (Phi) is 5.00. The number of hydrogen-bond donors (Lipinski definition) is 4. The number of ether oxygens (including phenoxy) is 1. The van der Waals surface area contributed by atoms with Gasteiger partial charge in [-0.3, -0.25) is 13.9 Å². The lowest BCUT2D eigenvalue weighted by atomic mass is 10.3. The molecule has 0 radical (unpaired) electrons. The second-order valence-electron chi connectivity index (χ2n) is 3.57. The Morgan fingerprint density at radius 2 is 2.22 bits per heavy atom. The molecule has 5 N–H and O–H groups in total. The van der Waals surface area contributed by atoms with Gasteiger partial charge in [0.2, 0.25) is 0 Å². The van der Waals surface area contributed by atoms with E-state index in [-0.39, 0.29) is 12.4 Å². The number of aliphatic hydroxyl groups excluding tert-OH is 1. The average Bonchev–Trinajstić information content (AvgIpc) is 2.25. The summed E-state index contributed by atoms with van der Waals surface area (Å²) in [6, 6.07) is 1.09. The van der Waals surface area contributed by atoms with Crippen molar-refractivity contribution >= 4 is 13.4 Å². The van der Waals surface area contributed by atoms with Crippen LogP contribution in [0.15, 0.2) is 17.2 Å². The van der Waals surface area contributed by atoms with Crippen LogP contribution in [0, 0.1) is 0 Å². The first kappa shape index (κ1) is 14.8. The molecule has 9 nitrogen and oxygen atoms in total. The van der Waals surface area contributed by atoms with Crippen molar-refractivity contribution in [3.8, 4) is 0 Å². The molecule has 0 bridgehead atoms. The van der Waals surface area contributed by atoms with Gasteiger partial charge in [-0.15, -0.1) is 0 Å². The first-order valence-corrected chi connectivity index (χ1v) is 6.70. The summed E-state index contributed by atoms with van der Waals surface area (Å²) in [5, 5.41) is 8.99. The number of nitrogen functional groups attached to an aromatic ring is 1. The zero-order valence-corrected chi connectivity index (χ0v) is 10.2. The molecule has 102 valence electrons. The molecule has 1 rings (SSSR count). The summed E-state index contributed by atoms with van der Waals surface area (Å²) >= 11 is 0. The van der Waals surface area contributed by atoms with E-state index in [1.165, 1.54) is 6.33 Å². The molecule has 10 heteroatoms. The van der Waals surface area contributed by atoms with Gasteiger partial charge in [-0.2, -0.15) is 0 Å². The van der Waals surface area contributed by atoms with Gasteiger partial charge < -0.3 is 25.4 Å². The Morgan fingerprint density at radius 1 is 1.56 bits per heavy atom. The minimum absolute atomic E-state index is 0.0629. The van der Waals surface area contributed by atoms with E-state index < -0.39 is 32.2 Å². The standard InChI is InChI=1S/C8H14N3O6P/c9-7-1-8(13)11(4-10-7)2-6(3-12)17-5-18(14,15)16/h1,4,6,12H,2-3,5,9H2,(H2,14,15,16)/t6-/m0/s1. The number of nitrogens with zero attached hydrogens (tertiary/aromatic N) is 2. The molecule has 0 saturated carbocycles. The Balaban J connectivity index is 2.68. The summed E-state index contributed by atoms with van der Waals surface area (Å²) in [6.45, 7) is -0.570. The van der Waals surface area contributed by atoms with Crippen molar-refractivity contribution in [2.75, 3.05) is 18.7 Å². The Hall–Kier alpha value is -1.25. The third-order valence-corrected chi connectivity index (χ3v) is 2.47. The minimum Gasteiger partial charge on any atom is -0.394 e. The largest absolute Gasteiger partial charge is 0.394 e. The molecule has 0 spiro atoms. The maximum Gasteiger partial charge on any atom is 0.350 e. The van der Waals surface area contributed by atoms with Crippen LogP contribution in [-0.2, 0) is 15.8 Å². The predicted molar refractivity (Wildman–Crippen MR) is 61.8 cm³/mol. The number of rotatable bonds is 6. The van der Waals surface area contributed by atoms with Crippen LogP contribution in [0.5, 0.6) is 0 Å². The highest BCUT2D eigenvalue weighted by atomic mass is 31.2. The van der Waals surface area contributed by atoms with Crippen LogP contribution in [-0.4, -0.2) is 43.5 Å². The molecule has 0 unspecified atom stereocenters. The van der Waals surface area contributed by atoms with Crippen molar-refractivity contribution < 1.29 is 24.2 Å². The lowest BCUT2D eigenvalue weighted by molar-refractivity contribution is 0.0189. The van der Waals surface area contributed by atoms with Crippen molar-refractivity contribution in [2.24, 2.45) is 0 Å². The van der Waals surface area contributed by atoms with Gasteiger partial charge in [0.25, 0.3) is 5.56 Å². The SMILES string of the molecule is Nc1cc(=O)n(C[C@@H](CO)OCP(=O)(O)O)cn1. The number of aromatic nitrogens is 2. The number of anilines is 1. The molecule has 18 heavy (non-hydrogen) atoms. The van der Waals surface area contributed by atoms with E-state index >= 15 is 0 Å². The van der Waals surface area contributed by atoms with Crippen LogP contribution in [0.4, 0.5) is 5.82 Å². The van der Waals surface area contributed by atoms with Crippen LogP contribution < -0.4 is 11.3 Å². The summed E-state index contributed by atoms with van der Waals surface area (Å²) in [5.74, 6) is 0.0629. The first-order valence-electron chi connectivity index (χ1n) is 4.91. The third-order valence-electron chi connectivity index (χ3n) is 1.98.